The molecule has 0 unspecified atom stereocenters. The highest BCUT2D eigenvalue weighted by molar-refractivity contribution is 9.10. The number of quaternary nitrogens is 1. The van der Waals surface area contributed by atoms with Gasteiger partial charge in [0.2, 0.25) is 10.0 Å². The van der Waals surface area contributed by atoms with Crippen LogP contribution in [0.4, 0.5) is 0 Å². The van der Waals surface area contributed by atoms with Crippen LogP contribution in [0, 0.1) is 0 Å². The van der Waals surface area contributed by atoms with Crippen molar-refractivity contribution >= 4 is 26.0 Å². The Hall–Kier alpha value is -0.430. The highest BCUT2D eigenvalue weighted by Crippen LogP contribution is 2.21. The molecule has 0 aliphatic carbocycles. The van der Waals surface area contributed by atoms with Gasteiger partial charge in [-0.3, -0.25) is 0 Å². The van der Waals surface area contributed by atoms with Crippen molar-refractivity contribution in [2.75, 3.05) is 19.6 Å². The highest BCUT2D eigenvalue weighted by atomic mass is 79.9. The Labute approximate surface area is 137 Å². The molecule has 0 fully saturated rings. The number of rotatable bonds is 9. The lowest BCUT2D eigenvalue weighted by molar-refractivity contribution is -0.896. The Kier molecular flexibility index (Phi) is 7.87. The lowest BCUT2D eigenvalue weighted by atomic mass is 10.2. The van der Waals surface area contributed by atoms with Crippen LogP contribution in [0.2, 0.25) is 0 Å². The van der Waals surface area contributed by atoms with Crippen molar-refractivity contribution in [2.45, 2.75) is 44.6 Å². The van der Waals surface area contributed by atoms with E-state index in [4.69, 9.17) is 0 Å². The summed E-state index contributed by atoms with van der Waals surface area (Å²) in [7, 11) is -3.46. The molecule has 120 valence electrons. The molecule has 21 heavy (non-hydrogen) atoms. The number of sulfonamides is 1. The van der Waals surface area contributed by atoms with E-state index >= 15 is 0 Å². The predicted molar refractivity (Wildman–Crippen MR) is 90.1 cm³/mol. The minimum Gasteiger partial charge on any atom is -0.335 e. The number of hydrogen-bond acceptors (Lipinski definition) is 2. The summed E-state index contributed by atoms with van der Waals surface area (Å²) in [5.41, 5.74) is 0. The largest absolute Gasteiger partial charge is 0.335 e. The fraction of sp³-hybridized carbons (Fsp3) is 0.600. The maximum Gasteiger partial charge on any atom is 0.241 e. The zero-order valence-corrected chi connectivity index (χ0v) is 15.4. The van der Waals surface area contributed by atoms with E-state index in [-0.39, 0.29) is 6.04 Å². The molecule has 0 saturated carbocycles. The van der Waals surface area contributed by atoms with Gasteiger partial charge in [-0.1, -0.05) is 12.1 Å². The molecule has 0 heterocycles. The van der Waals surface area contributed by atoms with E-state index in [2.05, 4.69) is 34.5 Å². The number of hydrogen-bond donors (Lipinski definition) is 2. The van der Waals surface area contributed by atoms with Crippen molar-refractivity contribution in [1.29, 1.82) is 0 Å². The molecule has 0 amide bonds. The summed E-state index contributed by atoms with van der Waals surface area (Å²) in [6.45, 7) is 9.61. The molecule has 0 bridgehead atoms. The maximum absolute atomic E-state index is 12.3. The first-order valence-corrected chi connectivity index (χ1v) is 9.78. The van der Waals surface area contributed by atoms with Gasteiger partial charge in [0.1, 0.15) is 0 Å². The topological polar surface area (TPSA) is 50.6 Å². The summed E-state index contributed by atoms with van der Waals surface area (Å²) in [5.74, 6) is 0. The molecule has 0 aliphatic heterocycles. The van der Waals surface area contributed by atoms with E-state index in [1.165, 1.54) is 0 Å². The van der Waals surface area contributed by atoms with Gasteiger partial charge < -0.3 is 4.90 Å². The number of benzene rings is 1. The molecular weight excluding hydrogens is 352 g/mol. The Balaban J connectivity index is 2.54. The van der Waals surface area contributed by atoms with Gasteiger partial charge in [0.25, 0.3) is 0 Å². The van der Waals surface area contributed by atoms with E-state index in [0.29, 0.717) is 9.37 Å². The second-order valence-corrected chi connectivity index (χ2v) is 7.84. The standard InChI is InChI=1S/C15H25BrN2O2S/c1-4-18(5-2)12-8-9-13(3)17-21(19,20)15-11-7-6-10-14(15)16/h6-7,10-11,13,17H,4-5,8-9,12H2,1-3H3/p+1/t13-/m1/s1. The van der Waals surface area contributed by atoms with Crippen LogP contribution in [0.25, 0.3) is 0 Å². The van der Waals surface area contributed by atoms with Crippen molar-refractivity contribution < 1.29 is 13.3 Å². The summed E-state index contributed by atoms with van der Waals surface area (Å²) in [5, 5.41) is 0. The van der Waals surface area contributed by atoms with Gasteiger partial charge >= 0.3 is 0 Å². The molecule has 2 N–H and O–H groups in total. The van der Waals surface area contributed by atoms with Crippen molar-refractivity contribution in [3.05, 3.63) is 28.7 Å². The molecular formula is C15H26BrN2O2S+. The molecule has 0 saturated heterocycles. The lowest BCUT2D eigenvalue weighted by Gasteiger charge is -2.18. The van der Waals surface area contributed by atoms with Gasteiger partial charge in [0, 0.05) is 10.5 Å². The molecule has 0 aromatic heterocycles. The molecule has 6 heteroatoms. The zero-order valence-electron chi connectivity index (χ0n) is 13.0. The normalized spacial score (nSPS) is 13.6. The van der Waals surface area contributed by atoms with Gasteiger partial charge in [-0.25, -0.2) is 13.1 Å². The molecule has 1 atom stereocenters. The maximum atomic E-state index is 12.3. The van der Waals surface area contributed by atoms with Crippen LogP contribution >= 0.6 is 15.9 Å². The predicted octanol–water partition coefficient (Wildman–Crippen LogP) is 1.82. The average Bonchev–Trinajstić information content (AvgIpc) is 2.43. The molecule has 1 aromatic carbocycles. The minimum absolute atomic E-state index is 0.0583. The average molecular weight is 378 g/mol. The SMILES string of the molecule is CC[NH+](CC)CCC[C@@H](C)NS(=O)(=O)c1ccccc1Br. The van der Waals surface area contributed by atoms with E-state index in [0.717, 1.165) is 32.5 Å². The van der Waals surface area contributed by atoms with Crippen molar-refractivity contribution in [1.82, 2.24) is 4.72 Å². The van der Waals surface area contributed by atoms with Gasteiger partial charge in [-0.15, -0.1) is 0 Å². The monoisotopic (exact) mass is 377 g/mol. The fourth-order valence-electron chi connectivity index (χ4n) is 2.31. The third-order valence-corrected chi connectivity index (χ3v) is 6.25. The van der Waals surface area contributed by atoms with Crippen molar-refractivity contribution in [3.8, 4) is 0 Å². The Morgan fingerprint density at radius 1 is 1.24 bits per heavy atom. The van der Waals surface area contributed by atoms with Crippen molar-refractivity contribution in [2.24, 2.45) is 0 Å². The second-order valence-electron chi connectivity index (χ2n) is 5.30. The van der Waals surface area contributed by atoms with Crippen molar-refractivity contribution in [3.63, 3.8) is 0 Å². The van der Waals surface area contributed by atoms with Crippen LogP contribution in [0.1, 0.15) is 33.6 Å². The Morgan fingerprint density at radius 3 is 2.43 bits per heavy atom. The smallest absolute Gasteiger partial charge is 0.241 e. The highest BCUT2D eigenvalue weighted by Gasteiger charge is 2.19. The van der Waals surface area contributed by atoms with Gasteiger partial charge in [-0.2, -0.15) is 0 Å². The van der Waals surface area contributed by atoms with E-state index in [1.54, 1.807) is 29.2 Å². The summed E-state index contributed by atoms with van der Waals surface area (Å²) in [4.78, 5) is 1.85. The summed E-state index contributed by atoms with van der Waals surface area (Å²) in [6.07, 6.45) is 1.88. The Morgan fingerprint density at radius 2 is 1.86 bits per heavy atom. The summed E-state index contributed by atoms with van der Waals surface area (Å²) >= 11 is 3.29. The molecule has 4 nitrogen and oxygen atoms in total. The molecule has 0 aliphatic rings. The lowest BCUT2D eigenvalue weighted by Crippen LogP contribution is -3.11. The quantitative estimate of drug-likeness (QED) is 0.689. The van der Waals surface area contributed by atoms with Crippen LogP contribution in [0.15, 0.2) is 33.6 Å². The first-order valence-electron chi connectivity index (χ1n) is 7.51. The second kappa shape index (κ2) is 8.88. The first kappa shape index (κ1) is 18.6. The number of halogens is 1. The third kappa shape index (κ3) is 6.06. The molecule has 0 radical (unpaired) electrons. The summed E-state index contributed by atoms with van der Waals surface area (Å²) < 4.78 is 28.0. The molecule has 1 aromatic rings. The van der Waals surface area contributed by atoms with Gasteiger partial charge in [-0.05, 0) is 61.7 Å². The van der Waals surface area contributed by atoms with Gasteiger partial charge in [0.05, 0.1) is 24.5 Å². The van der Waals surface area contributed by atoms with Crippen LogP contribution in [0.3, 0.4) is 0 Å². The van der Waals surface area contributed by atoms with Crippen LogP contribution < -0.4 is 9.62 Å². The van der Waals surface area contributed by atoms with Gasteiger partial charge in [0.15, 0.2) is 0 Å². The van der Waals surface area contributed by atoms with Crippen LogP contribution in [-0.2, 0) is 10.0 Å². The van der Waals surface area contributed by atoms with E-state index < -0.39 is 10.0 Å². The zero-order chi connectivity index (χ0) is 15.9. The minimum atomic E-state index is -3.46. The molecule has 1 rings (SSSR count). The third-order valence-electron chi connectivity index (χ3n) is 3.65. The summed E-state index contributed by atoms with van der Waals surface area (Å²) in [6, 6.07) is 6.83. The van der Waals surface area contributed by atoms with Crippen LogP contribution in [0.5, 0.6) is 0 Å². The number of nitrogens with one attached hydrogen (secondary N) is 2. The first-order chi connectivity index (χ1) is 9.90. The fourth-order valence-corrected chi connectivity index (χ4v) is 4.59. The Bertz CT molecular complexity index is 530. The van der Waals surface area contributed by atoms with E-state index in [9.17, 15) is 8.42 Å². The molecule has 0 spiro atoms. The van der Waals surface area contributed by atoms with Crippen LogP contribution in [-0.4, -0.2) is 34.1 Å². The van der Waals surface area contributed by atoms with E-state index in [1.807, 2.05) is 6.92 Å².